The molecule has 64 heavy (non-hydrogen) atoms. The van der Waals surface area contributed by atoms with Crippen molar-refractivity contribution in [3.05, 3.63) is 36.5 Å². The Morgan fingerprint density at radius 3 is 0.734 bits per heavy atom. The number of carbonyl (C=O) groups is 3. The summed E-state index contributed by atoms with van der Waals surface area (Å²) in [6.45, 7) is 13.9. The SMILES string of the molecule is CCCCC/C=C\C/C=C\CCCCCCCC(=O)OCC.CCCCCCCC/C=C\CCCCCCCC(=O)OCC.CCCCCCCCCCCCCCCC(=O)OCC. The van der Waals surface area contributed by atoms with Crippen molar-refractivity contribution in [1.82, 2.24) is 0 Å². The summed E-state index contributed by atoms with van der Waals surface area (Å²) in [5.41, 5.74) is 0. The van der Waals surface area contributed by atoms with Crippen molar-refractivity contribution in [2.75, 3.05) is 19.8 Å². The lowest BCUT2D eigenvalue weighted by atomic mass is 10.0. The largest absolute Gasteiger partial charge is 0.466 e. The molecule has 0 saturated heterocycles. The van der Waals surface area contributed by atoms with Crippen LogP contribution >= 0.6 is 0 Å². The van der Waals surface area contributed by atoms with E-state index in [2.05, 4.69) is 57.2 Å². The Morgan fingerprint density at radius 1 is 0.266 bits per heavy atom. The summed E-state index contributed by atoms with van der Waals surface area (Å²) in [5, 5.41) is 0. The van der Waals surface area contributed by atoms with Crippen LogP contribution in [0.25, 0.3) is 0 Å². The summed E-state index contributed by atoms with van der Waals surface area (Å²) in [6, 6.07) is 0. The summed E-state index contributed by atoms with van der Waals surface area (Å²) in [4.78, 5) is 33.4. The lowest BCUT2D eigenvalue weighted by Crippen LogP contribution is -2.03. The van der Waals surface area contributed by atoms with Crippen LogP contribution < -0.4 is 0 Å². The molecular weight excluding hydrogens is 793 g/mol. The minimum Gasteiger partial charge on any atom is -0.466 e. The van der Waals surface area contributed by atoms with Crippen LogP contribution in [0.15, 0.2) is 36.5 Å². The molecule has 0 aliphatic rings. The first-order valence-electron chi connectivity index (χ1n) is 27.8. The molecule has 0 heterocycles. The fourth-order valence-electron chi connectivity index (χ4n) is 7.41. The van der Waals surface area contributed by atoms with Crippen LogP contribution in [0, 0.1) is 0 Å². The van der Waals surface area contributed by atoms with E-state index in [1.54, 1.807) is 0 Å². The fraction of sp³-hybridized carbons (Fsp3) is 0.845. The smallest absolute Gasteiger partial charge is 0.305 e. The second-order valence-electron chi connectivity index (χ2n) is 17.7. The molecule has 0 fully saturated rings. The average Bonchev–Trinajstić information content (AvgIpc) is 3.28. The Balaban J connectivity index is -0.000000873. The second-order valence-corrected chi connectivity index (χ2v) is 17.7. The minimum atomic E-state index is -0.0480. The highest BCUT2D eigenvalue weighted by Gasteiger charge is 2.02. The number of carbonyl (C=O) groups excluding carboxylic acids is 3. The van der Waals surface area contributed by atoms with Gasteiger partial charge in [0.2, 0.25) is 0 Å². The first kappa shape index (κ1) is 65.9. The summed E-state index contributed by atoms with van der Waals surface area (Å²) in [5.74, 6) is -0.121. The van der Waals surface area contributed by atoms with Crippen LogP contribution in [-0.2, 0) is 28.6 Å². The second kappa shape index (κ2) is 62.7. The standard InChI is InChI=1S/C20H38O2.C20H36O2.C18H36O2/c2*1-3-5-6-7-8-9-10-11-12-13-14-15-16-17-18-19-20(21)22-4-2;1-3-5-6-7-8-9-10-11-12-13-14-15-16-17-18(19)20-4-2/h11-12H,3-10,13-19H2,1-2H3;8-9,11-12H,3-7,10,13-19H2,1-2H3;3-17H2,1-2H3/b12-11-;9-8-,12-11-;. The Morgan fingerprint density at radius 2 is 0.469 bits per heavy atom. The van der Waals surface area contributed by atoms with Crippen LogP contribution in [0.1, 0.15) is 298 Å². The van der Waals surface area contributed by atoms with Crippen molar-refractivity contribution < 1.29 is 28.6 Å². The summed E-state index contributed by atoms with van der Waals surface area (Å²) >= 11 is 0. The number of allylic oxidation sites excluding steroid dienone is 6. The van der Waals surface area contributed by atoms with E-state index in [0.29, 0.717) is 39.1 Å². The third-order valence-electron chi connectivity index (χ3n) is 11.4. The van der Waals surface area contributed by atoms with E-state index in [0.717, 1.165) is 38.5 Å². The Hall–Kier alpha value is -2.37. The zero-order chi connectivity index (χ0) is 47.5. The van der Waals surface area contributed by atoms with Crippen LogP contribution in [-0.4, -0.2) is 37.7 Å². The molecule has 0 radical (unpaired) electrons. The van der Waals surface area contributed by atoms with Gasteiger partial charge in [-0.05, 0) is 97.8 Å². The fourth-order valence-corrected chi connectivity index (χ4v) is 7.41. The molecule has 378 valence electrons. The molecule has 0 aromatic heterocycles. The molecule has 0 bridgehead atoms. The molecule has 0 rings (SSSR count). The highest BCUT2D eigenvalue weighted by Crippen LogP contribution is 2.14. The number of esters is 3. The minimum absolute atomic E-state index is 0.0319. The van der Waals surface area contributed by atoms with Crippen LogP contribution in [0.3, 0.4) is 0 Å². The Labute approximate surface area is 399 Å². The maximum absolute atomic E-state index is 11.1. The highest BCUT2D eigenvalue weighted by molar-refractivity contribution is 5.69. The molecule has 0 aromatic carbocycles. The van der Waals surface area contributed by atoms with E-state index in [9.17, 15) is 14.4 Å². The predicted molar refractivity (Wildman–Crippen MR) is 279 cm³/mol. The lowest BCUT2D eigenvalue weighted by Gasteiger charge is -2.03. The maximum atomic E-state index is 11.1. The summed E-state index contributed by atoms with van der Waals surface area (Å²) < 4.78 is 14.7. The van der Waals surface area contributed by atoms with Gasteiger partial charge in [0.05, 0.1) is 19.8 Å². The van der Waals surface area contributed by atoms with Crippen molar-refractivity contribution >= 4 is 17.9 Å². The average molecular weight is 904 g/mol. The first-order chi connectivity index (χ1) is 31.4. The van der Waals surface area contributed by atoms with E-state index in [4.69, 9.17) is 14.2 Å². The molecule has 0 atom stereocenters. The number of ether oxygens (including phenoxy) is 3. The molecule has 6 heteroatoms. The van der Waals surface area contributed by atoms with Crippen molar-refractivity contribution in [2.24, 2.45) is 0 Å². The van der Waals surface area contributed by atoms with E-state index in [1.807, 2.05) is 20.8 Å². The highest BCUT2D eigenvalue weighted by atomic mass is 16.5. The maximum Gasteiger partial charge on any atom is 0.305 e. The van der Waals surface area contributed by atoms with Gasteiger partial charge in [-0.25, -0.2) is 0 Å². The van der Waals surface area contributed by atoms with Gasteiger partial charge in [0, 0.05) is 19.3 Å². The van der Waals surface area contributed by atoms with Gasteiger partial charge in [0.15, 0.2) is 0 Å². The molecule has 0 aliphatic carbocycles. The van der Waals surface area contributed by atoms with Crippen molar-refractivity contribution in [1.29, 1.82) is 0 Å². The van der Waals surface area contributed by atoms with E-state index < -0.39 is 0 Å². The zero-order valence-electron chi connectivity index (χ0n) is 43.8. The molecule has 0 aliphatic heterocycles. The Bertz CT molecular complexity index is 1000. The predicted octanol–water partition coefficient (Wildman–Crippen LogP) is 19.0. The van der Waals surface area contributed by atoms with Crippen molar-refractivity contribution in [3.63, 3.8) is 0 Å². The van der Waals surface area contributed by atoms with E-state index >= 15 is 0 Å². The van der Waals surface area contributed by atoms with Gasteiger partial charge in [-0.1, -0.05) is 218 Å². The first-order valence-corrected chi connectivity index (χ1v) is 27.8. The molecule has 0 unspecified atom stereocenters. The van der Waals surface area contributed by atoms with Gasteiger partial charge in [0.25, 0.3) is 0 Å². The zero-order valence-corrected chi connectivity index (χ0v) is 43.8. The third-order valence-corrected chi connectivity index (χ3v) is 11.4. The lowest BCUT2D eigenvalue weighted by molar-refractivity contribution is -0.144. The van der Waals surface area contributed by atoms with Crippen LogP contribution in [0.4, 0.5) is 0 Å². The van der Waals surface area contributed by atoms with Crippen molar-refractivity contribution in [3.8, 4) is 0 Å². The number of hydrogen-bond acceptors (Lipinski definition) is 6. The number of rotatable bonds is 46. The van der Waals surface area contributed by atoms with Crippen molar-refractivity contribution in [2.45, 2.75) is 298 Å². The van der Waals surface area contributed by atoms with E-state index in [-0.39, 0.29) is 17.9 Å². The monoisotopic (exact) mass is 903 g/mol. The molecule has 0 amide bonds. The molecule has 6 nitrogen and oxygen atoms in total. The van der Waals surface area contributed by atoms with Gasteiger partial charge < -0.3 is 14.2 Å². The van der Waals surface area contributed by atoms with Gasteiger partial charge in [0.1, 0.15) is 0 Å². The quantitative estimate of drug-likeness (QED) is 0.0262. The van der Waals surface area contributed by atoms with Gasteiger partial charge in [-0.3, -0.25) is 14.4 Å². The van der Waals surface area contributed by atoms with Crippen LogP contribution in [0.5, 0.6) is 0 Å². The molecule has 0 aromatic rings. The van der Waals surface area contributed by atoms with Gasteiger partial charge in [-0.2, -0.15) is 0 Å². The number of hydrogen-bond donors (Lipinski definition) is 0. The summed E-state index contributed by atoms with van der Waals surface area (Å²) in [6.07, 6.45) is 63.1. The normalized spacial score (nSPS) is 11.2. The molecule has 0 N–H and O–H groups in total. The molecule has 0 saturated carbocycles. The van der Waals surface area contributed by atoms with Gasteiger partial charge in [-0.15, -0.1) is 0 Å². The molecule has 0 spiro atoms. The summed E-state index contributed by atoms with van der Waals surface area (Å²) in [7, 11) is 0. The third kappa shape index (κ3) is 66.2. The number of unbranched alkanes of at least 4 members (excludes halogenated alkanes) is 31. The topological polar surface area (TPSA) is 78.9 Å². The molecular formula is C58H110O6. The van der Waals surface area contributed by atoms with Gasteiger partial charge >= 0.3 is 17.9 Å². The Kier molecular flexibility index (Phi) is 64.6. The van der Waals surface area contributed by atoms with E-state index in [1.165, 1.54) is 199 Å². The van der Waals surface area contributed by atoms with Crippen LogP contribution in [0.2, 0.25) is 0 Å².